The maximum Gasteiger partial charge on any atom is 0.146 e. The van der Waals surface area contributed by atoms with Gasteiger partial charge in [0.2, 0.25) is 0 Å². The van der Waals surface area contributed by atoms with Crippen molar-refractivity contribution in [2.45, 2.75) is 19.4 Å². The Bertz CT molecular complexity index is 364. The third-order valence-electron chi connectivity index (χ3n) is 3.03. The van der Waals surface area contributed by atoms with Gasteiger partial charge >= 0.3 is 0 Å². The van der Waals surface area contributed by atoms with E-state index in [0.717, 1.165) is 38.2 Å². The molecule has 0 unspecified atom stereocenters. The van der Waals surface area contributed by atoms with Gasteiger partial charge in [-0.05, 0) is 36.5 Å². The highest BCUT2D eigenvalue weighted by Crippen LogP contribution is 2.17. The van der Waals surface area contributed by atoms with Crippen LogP contribution in [0.2, 0.25) is 0 Å². The molecule has 1 fully saturated rings. The number of anilines is 1. The van der Waals surface area contributed by atoms with Crippen molar-refractivity contribution in [3.05, 3.63) is 29.6 Å². The molecule has 0 radical (unpaired) electrons. The lowest BCUT2D eigenvalue weighted by atomic mass is 10.0. The van der Waals surface area contributed by atoms with Crippen LogP contribution in [0.15, 0.2) is 18.2 Å². The molecule has 1 saturated heterocycles. The molecule has 2 N–H and O–H groups in total. The highest BCUT2D eigenvalue weighted by Gasteiger charge is 2.13. The lowest BCUT2D eigenvalue weighted by molar-refractivity contribution is 0.0157. The zero-order chi connectivity index (χ0) is 12.1. The summed E-state index contributed by atoms with van der Waals surface area (Å²) < 4.78 is 24.0. The zero-order valence-electron chi connectivity index (χ0n) is 9.82. The molecule has 1 aliphatic rings. The first kappa shape index (κ1) is 12.3. The van der Waals surface area contributed by atoms with Gasteiger partial charge in [-0.2, -0.15) is 0 Å². The third kappa shape index (κ3) is 3.68. The fourth-order valence-corrected chi connectivity index (χ4v) is 1.92. The Balaban J connectivity index is 1.75. The second-order valence-electron chi connectivity index (χ2n) is 4.43. The second kappa shape index (κ2) is 5.98. The van der Waals surface area contributed by atoms with Crippen molar-refractivity contribution >= 4 is 5.69 Å². The van der Waals surface area contributed by atoms with Crippen LogP contribution in [-0.2, 0) is 16.1 Å². The molecule has 0 amide bonds. The summed E-state index contributed by atoms with van der Waals surface area (Å²) in [5.41, 5.74) is 6.41. The average Bonchev–Trinajstić information content (AvgIpc) is 2.35. The molecular formula is C13H18FNO2. The Hall–Kier alpha value is -1.13. The van der Waals surface area contributed by atoms with Crippen LogP contribution >= 0.6 is 0 Å². The summed E-state index contributed by atoms with van der Waals surface area (Å²) in [6.07, 6.45) is 2.10. The Kier molecular flexibility index (Phi) is 4.34. The average molecular weight is 239 g/mol. The molecule has 17 heavy (non-hydrogen) atoms. The minimum Gasteiger partial charge on any atom is -0.396 e. The SMILES string of the molecule is Nc1ccc(COCC2CCOCC2)cc1F. The Morgan fingerprint density at radius 3 is 2.82 bits per heavy atom. The molecular weight excluding hydrogens is 221 g/mol. The molecule has 0 saturated carbocycles. The standard InChI is InChI=1S/C13H18FNO2/c14-12-7-11(1-2-13(12)15)9-17-8-10-3-5-16-6-4-10/h1-2,7,10H,3-6,8-9,15H2. The molecule has 3 nitrogen and oxygen atoms in total. The van der Waals surface area contributed by atoms with Crippen molar-refractivity contribution in [1.82, 2.24) is 0 Å². The first-order valence-corrected chi connectivity index (χ1v) is 5.95. The van der Waals surface area contributed by atoms with Crippen LogP contribution in [-0.4, -0.2) is 19.8 Å². The van der Waals surface area contributed by atoms with Gasteiger partial charge in [-0.25, -0.2) is 4.39 Å². The summed E-state index contributed by atoms with van der Waals surface area (Å²) >= 11 is 0. The predicted octanol–water partition coefficient (Wildman–Crippen LogP) is 2.35. The van der Waals surface area contributed by atoms with E-state index in [1.807, 2.05) is 0 Å². The minimum atomic E-state index is -0.378. The van der Waals surface area contributed by atoms with Crippen LogP contribution < -0.4 is 5.73 Å². The Morgan fingerprint density at radius 2 is 2.12 bits per heavy atom. The van der Waals surface area contributed by atoms with Crippen molar-refractivity contribution in [3.8, 4) is 0 Å². The van der Waals surface area contributed by atoms with Crippen molar-refractivity contribution in [2.24, 2.45) is 5.92 Å². The van der Waals surface area contributed by atoms with Crippen molar-refractivity contribution in [2.75, 3.05) is 25.6 Å². The van der Waals surface area contributed by atoms with Crippen LogP contribution in [0.3, 0.4) is 0 Å². The number of nitrogen functional groups attached to an aromatic ring is 1. The smallest absolute Gasteiger partial charge is 0.146 e. The first-order chi connectivity index (χ1) is 8.25. The highest BCUT2D eigenvalue weighted by molar-refractivity contribution is 5.41. The summed E-state index contributed by atoms with van der Waals surface area (Å²) in [5, 5.41) is 0. The van der Waals surface area contributed by atoms with Gasteiger partial charge in [-0.3, -0.25) is 0 Å². The molecule has 2 rings (SSSR count). The molecule has 0 aromatic heterocycles. The van der Waals surface area contributed by atoms with E-state index in [4.69, 9.17) is 15.2 Å². The molecule has 1 aromatic carbocycles. The molecule has 1 aromatic rings. The molecule has 4 heteroatoms. The first-order valence-electron chi connectivity index (χ1n) is 5.95. The van der Waals surface area contributed by atoms with Crippen molar-refractivity contribution < 1.29 is 13.9 Å². The van der Waals surface area contributed by atoms with Gasteiger partial charge < -0.3 is 15.2 Å². The topological polar surface area (TPSA) is 44.5 Å². The van der Waals surface area contributed by atoms with Crippen LogP contribution in [0.4, 0.5) is 10.1 Å². The molecule has 0 aliphatic carbocycles. The molecule has 94 valence electrons. The van der Waals surface area contributed by atoms with E-state index in [-0.39, 0.29) is 11.5 Å². The predicted molar refractivity (Wildman–Crippen MR) is 64.0 cm³/mol. The van der Waals surface area contributed by atoms with Gasteiger partial charge in [0, 0.05) is 13.2 Å². The van der Waals surface area contributed by atoms with E-state index in [2.05, 4.69) is 0 Å². The Morgan fingerprint density at radius 1 is 1.35 bits per heavy atom. The molecule has 0 bridgehead atoms. The summed E-state index contributed by atoms with van der Waals surface area (Å²) in [7, 11) is 0. The van der Waals surface area contributed by atoms with Gasteiger partial charge in [-0.15, -0.1) is 0 Å². The lowest BCUT2D eigenvalue weighted by Gasteiger charge is -2.21. The molecule has 0 atom stereocenters. The quantitative estimate of drug-likeness (QED) is 0.820. The number of halogens is 1. The number of hydrogen-bond donors (Lipinski definition) is 1. The van der Waals surface area contributed by atoms with Gasteiger partial charge in [-0.1, -0.05) is 6.07 Å². The van der Waals surface area contributed by atoms with Gasteiger partial charge in [0.1, 0.15) is 5.82 Å². The largest absolute Gasteiger partial charge is 0.396 e. The van der Waals surface area contributed by atoms with Crippen LogP contribution in [0.25, 0.3) is 0 Å². The van der Waals surface area contributed by atoms with E-state index in [9.17, 15) is 4.39 Å². The monoisotopic (exact) mass is 239 g/mol. The van der Waals surface area contributed by atoms with E-state index < -0.39 is 0 Å². The summed E-state index contributed by atoms with van der Waals surface area (Å²) in [5.74, 6) is 0.194. The molecule has 1 heterocycles. The molecule has 1 aliphatic heterocycles. The van der Waals surface area contributed by atoms with Crippen LogP contribution in [0.5, 0.6) is 0 Å². The van der Waals surface area contributed by atoms with Crippen LogP contribution in [0, 0.1) is 11.7 Å². The maximum absolute atomic E-state index is 13.2. The summed E-state index contributed by atoms with van der Waals surface area (Å²) in [6, 6.07) is 4.80. The Labute approximate surface area is 101 Å². The van der Waals surface area contributed by atoms with E-state index in [0.29, 0.717) is 12.5 Å². The fourth-order valence-electron chi connectivity index (χ4n) is 1.92. The highest BCUT2D eigenvalue weighted by atomic mass is 19.1. The zero-order valence-corrected chi connectivity index (χ0v) is 9.82. The summed E-state index contributed by atoms with van der Waals surface area (Å²) in [6.45, 7) is 2.80. The summed E-state index contributed by atoms with van der Waals surface area (Å²) in [4.78, 5) is 0. The number of rotatable bonds is 4. The van der Waals surface area contributed by atoms with E-state index in [1.54, 1.807) is 12.1 Å². The van der Waals surface area contributed by atoms with E-state index in [1.165, 1.54) is 6.07 Å². The van der Waals surface area contributed by atoms with Crippen LogP contribution in [0.1, 0.15) is 18.4 Å². The minimum absolute atomic E-state index is 0.179. The third-order valence-corrected chi connectivity index (χ3v) is 3.03. The normalized spacial score (nSPS) is 17.2. The number of benzene rings is 1. The number of ether oxygens (including phenoxy) is 2. The molecule has 0 spiro atoms. The van der Waals surface area contributed by atoms with Crippen molar-refractivity contribution in [3.63, 3.8) is 0 Å². The van der Waals surface area contributed by atoms with Gasteiger partial charge in [0.15, 0.2) is 0 Å². The van der Waals surface area contributed by atoms with Gasteiger partial charge in [0.05, 0.1) is 18.9 Å². The number of nitrogens with two attached hydrogens (primary N) is 1. The fraction of sp³-hybridized carbons (Fsp3) is 0.538. The number of hydrogen-bond acceptors (Lipinski definition) is 3. The van der Waals surface area contributed by atoms with Gasteiger partial charge in [0.25, 0.3) is 0 Å². The second-order valence-corrected chi connectivity index (χ2v) is 4.43. The van der Waals surface area contributed by atoms with E-state index >= 15 is 0 Å². The van der Waals surface area contributed by atoms with Crippen molar-refractivity contribution in [1.29, 1.82) is 0 Å². The lowest BCUT2D eigenvalue weighted by Crippen LogP contribution is -2.20. The maximum atomic E-state index is 13.2.